The Morgan fingerprint density at radius 3 is 0.750 bits per heavy atom. The van der Waals surface area contributed by atoms with Crippen LogP contribution < -0.4 is 10.2 Å². The zero-order valence-electron chi connectivity index (χ0n) is 5.58. The Balaban J connectivity index is -0.00000000833. The van der Waals surface area contributed by atoms with Gasteiger partial charge in [-0.2, -0.15) is 0 Å². The fraction of sp³-hybridized carbons (Fsp3) is 0. The molecule has 0 aromatic carbocycles. The molecule has 66 valence electrons. The Morgan fingerprint density at radius 1 is 0.667 bits per heavy atom. The molecule has 0 spiro atoms. The molecule has 0 aliphatic carbocycles. The molecule has 0 saturated heterocycles. The summed E-state index contributed by atoms with van der Waals surface area (Å²) in [5.74, 6) is -4.37. The summed E-state index contributed by atoms with van der Waals surface area (Å²) in [6.45, 7) is 0. The zero-order valence-corrected chi connectivity index (χ0v) is 7.89. The molecular formula is C2H4Al2O8. The van der Waals surface area contributed by atoms with E-state index in [1.165, 1.54) is 0 Å². The molecule has 8 nitrogen and oxygen atoms in total. The number of rotatable bonds is 0. The second kappa shape index (κ2) is 30.8. The van der Waals surface area contributed by atoms with Crippen LogP contribution in [0.2, 0.25) is 0 Å². The van der Waals surface area contributed by atoms with E-state index in [1.54, 1.807) is 0 Å². The van der Waals surface area contributed by atoms with E-state index in [-0.39, 0.29) is 56.6 Å². The topological polar surface area (TPSA) is 200 Å². The molecule has 0 aliphatic rings. The van der Waals surface area contributed by atoms with Gasteiger partial charge in [0, 0.05) is 0 Å². The van der Waals surface area contributed by atoms with Gasteiger partial charge < -0.3 is 41.7 Å². The molecule has 4 N–H and O–H groups in total. The van der Waals surface area contributed by atoms with Gasteiger partial charge in [0.25, 0.3) is 0 Å². The third-order valence-electron chi connectivity index (χ3n) is 0.167. The first-order valence-electron chi connectivity index (χ1n) is 1.07. The van der Waals surface area contributed by atoms with Crippen LogP contribution in [-0.4, -0.2) is 68.6 Å². The molecule has 12 heavy (non-hydrogen) atoms. The summed E-state index contributed by atoms with van der Waals surface area (Å²) >= 11 is 0. The molecule has 0 saturated carbocycles. The Hall–Kier alpha value is -0.155. The maximum absolute atomic E-state index is 8.93. The maximum atomic E-state index is 8.93. The molecule has 0 radical (unpaired) electrons. The van der Waals surface area contributed by atoms with Crippen LogP contribution >= 0.6 is 0 Å². The van der Waals surface area contributed by atoms with Crippen molar-refractivity contribution in [2.45, 2.75) is 0 Å². The average Bonchev–Trinajstić information content (AvgIpc) is 1.36. The molecule has 0 rings (SSSR count). The van der Waals surface area contributed by atoms with Gasteiger partial charge in [-0.1, -0.05) is 0 Å². The summed E-state index contributed by atoms with van der Waals surface area (Å²) in [5, 5.41) is 17.9. The predicted octanol–water partition coefficient (Wildman–Crippen LogP) is -4.98. The van der Waals surface area contributed by atoms with E-state index >= 15 is 0 Å². The molecular weight excluding hydrogens is 206 g/mol. The molecule has 0 bridgehead atoms. The number of aliphatic carboxylic acids is 2. The van der Waals surface area contributed by atoms with Gasteiger partial charge in [-0.15, -0.1) is 0 Å². The molecule has 0 atom stereocenters. The Bertz CT molecular complexity index is 81.1. The van der Waals surface area contributed by atoms with Crippen molar-refractivity contribution in [2.24, 2.45) is 0 Å². The van der Waals surface area contributed by atoms with Crippen LogP contribution in [0.1, 0.15) is 0 Å². The van der Waals surface area contributed by atoms with Crippen LogP contribution in [0.5, 0.6) is 0 Å². The Morgan fingerprint density at radius 2 is 0.750 bits per heavy atom. The Labute approximate surface area is 88.7 Å². The van der Waals surface area contributed by atoms with E-state index in [0.717, 1.165) is 0 Å². The third kappa shape index (κ3) is 52.1. The van der Waals surface area contributed by atoms with Gasteiger partial charge in [0.1, 0.15) is 0 Å². The van der Waals surface area contributed by atoms with Crippen molar-refractivity contribution in [3.63, 3.8) is 0 Å². The van der Waals surface area contributed by atoms with E-state index in [1.807, 2.05) is 0 Å². The van der Waals surface area contributed by atoms with Crippen LogP contribution in [0.3, 0.4) is 0 Å². The monoisotopic (exact) mass is 210 g/mol. The van der Waals surface area contributed by atoms with E-state index < -0.39 is 11.9 Å². The Kier molecular flexibility index (Phi) is 152. The zero-order chi connectivity index (χ0) is 5.15. The van der Waals surface area contributed by atoms with Gasteiger partial charge in [0.15, 0.2) is 0 Å². The first-order valence-corrected chi connectivity index (χ1v) is 1.07. The summed E-state index contributed by atoms with van der Waals surface area (Å²) in [6, 6.07) is 0. The number of hydrogen-bond acceptors (Lipinski definition) is 8. The molecule has 0 aromatic rings. The number of carboxylic acid groups (broad SMARTS) is 2. The first kappa shape index (κ1) is 59.3. The van der Waals surface area contributed by atoms with Gasteiger partial charge in [-0.25, -0.2) is 0 Å². The van der Waals surface area contributed by atoms with Gasteiger partial charge >= 0.3 is 34.7 Å². The summed E-state index contributed by atoms with van der Waals surface area (Å²) in [4.78, 5) is 17.9. The van der Waals surface area contributed by atoms with Gasteiger partial charge in [-0.3, -0.25) is 0 Å². The van der Waals surface area contributed by atoms with E-state index in [4.69, 9.17) is 19.8 Å². The van der Waals surface area contributed by atoms with E-state index in [2.05, 4.69) is 0 Å². The number of carboxylic acids is 2. The second-order valence-electron chi connectivity index (χ2n) is 0.575. The molecule has 0 aliphatic heterocycles. The van der Waals surface area contributed by atoms with Gasteiger partial charge in [0.05, 0.1) is 11.9 Å². The summed E-state index contributed by atoms with van der Waals surface area (Å²) < 4.78 is 0. The van der Waals surface area contributed by atoms with Crippen molar-refractivity contribution in [1.82, 2.24) is 0 Å². The number of hydrogen-bond donors (Lipinski definition) is 0. The van der Waals surface area contributed by atoms with Crippen molar-refractivity contribution in [1.29, 1.82) is 0 Å². The first-order chi connectivity index (χ1) is 2.64. The van der Waals surface area contributed by atoms with Crippen molar-refractivity contribution in [3.8, 4) is 0 Å². The third-order valence-corrected chi connectivity index (χ3v) is 0.167. The quantitative estimate of drug-likeness (QED) is 0.279. The summed E-state index contributed by atoms with van der Waals surface area (Å²) in [7, 11) is 0. The smallest absolute Gasteiger partial charge is 0.870 e. The minimum atomic E-state index is -2.19. The van der Waals surface area contributed by atoms with Crippen LogP contribution in [0.15, 0.2) is 0 Å². The second-order valence-corrected chi connectivity index (χ2v) is 0.575. The fourth-order valence-corrected chi connectivity index (χ4v) is 0. The maximum Gasteiger partial charge on any atom is 3.00 e. The minimum absolute atomic E-state index is 0. The molecule has 0 amide bonds. The van der Waals surface area contributed by atoms with E-state index in [9.17, 15) is 0 Å². The number of carbonyl (C=O) groups excluding carboxylic acids is 2. The standard InChI is InChI=1S/C2H2O4.2Al.4H2O/c3-1(4)2(5)6;;;;;;/h(H,3,4)(H,5,6);;;4*1H2/q;2*+3;;;;/p-6. The normalized spacial score (nSPS) is 3.67. The molecule has 0 fully saturated rings. The minimum Gasteiger partial charge on any atom is -0.870 e. The van der Waals surface area contributed by atoms with Crippen molar-refractivity contribution >= 4 is 46.7 Å². The van der Waals surface area contributed by atoms with Gasteiger partial charge in [-0.05, 0) is 0 Å². The van der Waals surface area contributed by atoms with Crippen LogP contribution in [0.25, 0.3) is 0 Å². The van der Waals surface area contributed by atoms with Crippen molar-refractivity contribution in [3.05, 3.63) is 0 Å². The fourth-order valence-electron chi connectivity index (χ4n) is 0. The molecule has 0 heterocycles. The van der Waals surface area contributed by atoms with Crippen LogP contribution in [0, 0.1) is 0 Å². The van der Waals surface area contributed by atoms with Crippen molar-refractivity contribution in [2.75, 3.05) is 0 Å². The van der Waals surface area contributed by atoms with Crippen LogP contribution in [-0.2, 0) is 9.59 Å². The number of carbonyl (C=O) groups is 2. The molecule has 0 unspecified atom stereocenters. The summed E-state index contributed by atoms with van der Waals surface area (Å²) in [5.41, 5.74) is 0. The summed E-state index contributed by atoms with van der Waals surface area (Å²) in [6.07, 6.45) is 0. The average molecular weight is 210 g/mol. The van der Waals surface area contributed by atoms with Gasteiger partial charge in [0.2, 0.25) is 0 Å². The molecule has 10 heteroatoms. The predicted molar refractivity (Wildman–Crippen MR) is 29.3 cm³/mol. The largest absolute Gasteiger partial charge is 3.00 e. The molecule has 0 aromatic heterocycles. The van der Waals surface area contributed by atoms with E-state index in [0.29, 0.717) is 0 Å². The van der Waals surface area contributed by atoms with Crippen LogP contribution in [0.4, 0.5) is 0 Å². The van der Waals surface area contributed by atoms with Crippen molar-refractivity contribution < 1.29 is 41.7 Å². The SMILES string of the molecule is O=C([O-])C(=O)[O-].[Al+3].[Al+3].[OH-].[OH-].[OH-].[OH-].